The normalized spacial score (nSPS) is 16.3. The lowest BCUT2D eigenvalue weighted by atomic mass is 10.1. The van der Waals surface area contributed by atoms with Crippen LogP contribution in [-0.4, -0.2) is 26.7 Å². The molecule has 23 heavy (non-hydrogen) atoms. The van der Waals surface area contributed by atoms with Gasteiger partial charge in [0.05, 0.1) is 6.04 Å². The minimum atomic E-state index is 0.180. The first-order chi connectivity index (χ1) is 11.4. The van der Waals surface area contributed by atoms with Gasteiger partial charge in [0.25, 0.3) is 0 Å². The average Bonchev–Trinajstić information content (AvgIpc) is 3.02. The molecule has 0 radical (unpaired) electrons. The van der Waals surface area contributed by atoms with Gasteiger partial charge in [-0.15, -0.1) is 0 Å². The zero-order valence-electron chi connectivity index (χ0n) is 12.2. The summed E-state index contributed by atoms with van der Waals surface area (Å²) in [5, 5.41) is 7.21. The topological polar surface area (TPSA) is 76.7 Å². The van der Waals surface area contributed by atoms with Crippen LogP contribution in [0.25, 0.3) is 11.5 Å². The van der Waals surface area contributed by atoms with E-state index in [1.807, 2.05) is 30.3 Å². The highest BCUT2D eigenvalue weighted by molar-refractivity contribution is 5.50. The molecule has 1 saturated heterocycles. The molecular weight excluding hydrogens is 290 g/mol. The van der Waals surface area contributed by atoms with Crippen LogP contribution in [0.2, 0.25) is 0 Å². The van der Waals surface area contributed by atoms with Gasteiger partial charge in [0.2, 0.25) is 11.7 Å². The number of hydrogen-bond acceptors (Lipinski definition) is 6. The van der Waals surface area contributed by atoms with Gasteiger partial charge in [-0.1, -0.05) is 17.1 Å². The van der Waals surface area contributed by atoms with Crippen LogP contribution >= 0.6 is 0 Å². The Morgan fingerprint density at radius 3 is 2.78 bits per heavy atom. The molecule has 1 aliphatic rings. The zero-order valence-corrected chi connectivity index (χ0v) is 12.2. The predicted molar refractivity (Wildman–Crippen MR) is 83.1 cm³/mol. The SMILES string of the molecule is C(#Cc1ccccn1)c1ccc(-c2noc(C3CCN3)n2)nc1. The van der Waals surface area contributed by atoms with Crippen LogP contribution in [0.5, 0.6) is 0 Å². The highest BCUT2D eigenvalue weighted by atomic mass is 16.5. The molecule has 0 amide bonds. The molecule has 1 N–H and O–H groups in total. The van der Waals surface area contributed by atoms with E-state index in [0.29, 0.717) is 17.4 Å². The largest absolute Gasteiger partial charge is 0.337 e. The zero-order chi connectivity index (χ0) is 15.5. The Balaban J connectivity index is 1.51. The van der Waals surface area contributed by atoms with Crippen LogP contribution in [0.15, 0.2) is 47.2 Å². The molecule has 3 aromatic heterocycles. The van der Waals surface area contributed by atoms with Crippen LogP contribution < -0.4 is 5.32 Å². The van der Waals surface area contributed by atoms with Gasteiger partial charge in [-0.25, -0.2) is 4.98 Å². The average molecular weight is 303 g/mol. The second-order valence-corrected chi connectivity index (χ2v) is 5.15. The smallest absolute Gasteiger partial charge is 0.244 e. The molecule has 4 rings (SSSR count). The van der Waals surface area contributed by atoms with E-state index in [9.17, 15) is 0 Å². The summed E-state index contributed by atoms with van der Waals surface area (Å²) >= 11 is 0. The molecule has 0 aromatic carbocycles. The summed E-state index contributed by atoms with van der Waals surface area (Å²) in [5.41, 5.74) is 2.21. The molecule has 1 atom stereocenters. The molecule has 0 saturated carbocycles. The predicted octanol–water partition coefficient (Wildman–Crippen LogP) is 1.96. The van der Waals surface area contributed by atoms with E-state index >= 15 is 0 Å². The Bertz CT molecular complexity index is 857. The number of hydrogen-bond donors (Lipinski definition) is 1. The summed E-state index contributed by atoms with van der Waals surface area (Å²) in [7, 11) is 0. The van der Waals surface area contributed by atoms with Crippen LogP contribution in [0.1, 0.15) is 29.6 Å². The maximum absolute atomic E-state index is 5.26. The molecule has 1 fully saturated rings. The van der Waals surface area contributed by atoms with E-state index in [-0.39, 0.29) is 6.04 Å². The van der Waals surface area contributed by atoms with Gasteiger partial charge in [0.15, 0.2) is 0 Å². The Labute approximate surface area is 133 Å². The molecule has 0 aliphatic carbocycles. The van der Waals surface area contributed by atoms with Crippen molar-refractivity contribution in [2.24, 2.45) is 0 Å². The second-order valence-electron chi connectivity index (χ2n) is 5.15. The molecule has 1 unspecified atom stereocenters. The van der Waals surface area contributed by atoms with Crippen LogP contribution in [0.3, 0.4) is 0 Å². The van der Waals surface area contributed by atoms with Crippen molar-refractivity contribution in [2.45, 2.75) is 12.5 Å². The van der Waals surface area contributed by atoms with Gasteiger partial charge in [-0.2, -0.15) is 4.98 Å². The Hall–Kier alpha value is -3.04. The Kier molecular flexibility index (Phi) is 3.54. The second kappa shape index (κ2) is 5.99. The van der Waals surface area contributed by atoms with Gasteiger partial charge in [-0.3, -0.25) is 4.98 Å². The van der Waals surface area contributed by atoms with Gasteiger partial charge >= 0.3 is 0 Å². The third kappa shape index (κ3) is 2.96. The number of pyridine rings is 2. The van der Waals surface area contributed by atoms with Crippen molar-refractivity contribution in [1.82, 2.24) is 25.4 Å². The third-order valence-electron chi connectivity index (χ3n) is 3.56. The van der Waals surface area contributed by atoms with Gasteiger partial charge in [0.1, 0.15) is 11.4 Å². The fourth-order valence-corrected chi connectivity index (χ4v) is 2.15. The van der Waals surface area contributed by atoms with E-state index < -0.39 is 0 Å². The van der Waals surface area contributed by atoms with E-state index in [0.717, 1.165) is 24.2 Å². The highest BCUT2D eigenvalue weighted by Gasteiger charge is 2.25. The van der Waals surface area contributed by atoms with Crippen molar-refractivity contribution < 1.29 is 4.52 Å². The van der Waals surface area contributed by atoms with Gasteiger partial charge in [-0.05, 0) is 43.2 Å². The molecule has 6 heteroatoms. The fourth-order valence-electron chi connectivity index (χ4n) is 2.15. The van der Waals surface area contributed by atoms with Crippen LogP contribution in [0.4, 0.5) is 0 Å². The van der Waals surface area contributed by atoms with Gasteiger partial charge in [0, 0.05) is 18.0 Å². The van der Waals surface area contributed by atoms with E-state index in [2.05, 4.69) is 37.3 Å². The molecule has 0 spiro atoms. The summed E-state index contributed by atoms with van der Waals surface area (Å²) in [5.74, 6) is 7.14. The lowest BCUT2D eigenvalue weighted by Gasteiger charge is -2.23. The van der Waals surface area contributed by atoms with Gasteiger partial charge < -0.3 is 9.84 Å². The number of nitrogens with one attached hydrogen (secondary N) is 1. The van der Waals surface area contributed by atoms with Crippen molar-refractivity contribution in [3.8, 4) is 23.4 Å². The summed E-state index contributed by atoms with van der Waals surface area (Å²) in [6, 6.07) is 9.54. The summed E-state index contributed by atoms with van der Waals surface area (Å²) in [6.45, 7) is 0.990. The van der Waals surface area contributed by atoms with Crippen LogP contribution in [0, 0.1) is 11.8 Å². The van der Waals surface area contributed by atoms with Crippen molar-refractivity contribution in [3.63, 3.8) is 0 Å². The van der Waals surface area contributed by atoms with Crippen molar-refractivity contribution >= 4 is 0 Å². The quantitative estimate of drug-likeness (QED) is 0.729. The maximum Gasteiger partial charge on any atom is 0.244 e. The number of nitrogens with zero attached hydrogens (tertiary/aromatic N) is 4. The minimum Gasteiger partial charge on any atom is -0.337 e. The maximum atomic E-state index is 5.26. The van der Waals surface area contributed by atoms with E-state index in [1.54, 1.807) is 12.4 Å². The monoisotopic (exact) mass is 303 g/mol. The molecule has 1 aliphatic heterocycles. The first kappa shape index (κ1) is 13.6. The lowest BCUT2D eigenvalue weighted by molar-refractivity contribution is 0.273. The summed E-state index contributed by atoms with van der Waals surface area (Å²) in [4.78, 5) is 12.9. The minimum absolute atomic E-state index is 0.180. The van der Waals surface area contributed by atoms with Crippen molar-refractivity contribution in [2.75, 3.05) is 6.54 Å². The molecule has 0 bridgehead atoms. The first-order valence-electron chi connectivity index (χ1n) is 7.35. The van der Waals surface area contributed by atoms with Crippen LogP contribution in [-0.2, 0) is 0 Å². The Morgan fingerprint density at radius 1 is 1.13 bits per heavy atom. The van der Waals surface area contributed by atoms with E-state index in [1.165, 1.54) is 0 Å². The fraction of sp³-hybridized carbons (Fsp3) is 0.176. The standard InChI is InChI=1S/C17H13N5O/c1-2-9-18-13(3-1)6-4-12-5-7-14(20-11-12)16-21-17(23-22-16)15-8-10-19-15/h1-3,5,7,9,11,15,19H,8,10H2. The molecule has 112 valence electrons. The highest BCUT2D eigenvalue weighted by Crippen LogP contribution is 2.23. The van der Waals surface area contributed by atoms with E-state index in [4.69, 9.17) is 4.52 Å². The number of rotatable bonds is 2. The summed E-state index contributed by atoms with van der Waals surface area (Å²) in [6.07, 6.45) is 4.44. The van der Waals surface area contributed by atoms with Crippen molar-refractivity contribution in [1.29, 1.82) is 0 Å². The molecule has 3 aromatic rings. The third-order valence-corrected chi connectivity index (χ3v) is 3.56. The Morgan fingerprint density at radius 2 is 2.09 bits per heavy atom. The first-order valence-corrected chi connectivity index (χ1v) is 7.35. The van der Waals surface area contributed by atoms with Crippen molar-refractivity contribution in [3.05, 3.63) is 59.9 Å². The molecule has 4 heterocycles. The lowest BCUT2D eigenvalue weighted by Crippen LogP contribution is -2.35. The molecular formula is C17H13N5O. The molecule has 6 nitrogen and oxygen atoms in total. The number of aromatic nitrogens is 4. The summed E-state index contributed by atoms with van der Waals surface area (Å²) < 4.78 is 5.26.